The molecule has 1 rings (SSSR count). The number of hydrogen-bond acceptors (Lipinski definition) is 3. The van der Waals surface area contributed by atoms with Gasteiger partial charge in [-0.3, -0.25) is 0 Å². The quantitative estimate of drug-likeness (QED) is 0.856. The van der Waals surface area contributed by atoms with Gasteiger partial charge in [-0.15, -0.1) is 11.3 Å². The monoisotopic (exact) mass is 226 g/mol. The largest absolute Gasteiger partial charge is 0.327 e. The molecule has 0 saturated carbocycles. The van der Waals surface area contributed by atoms with Crippen molar-refractivity contribution in [2.75, 3.05) is 0 Å². The van der Waals surface area contributed by atoms with Gasteiger partial charge >= 0.3 is 0 Å². The lowest BCUT2D eigenvalue weighted by atomic mass is 9.84. The summed E-state index contributed by atoms with van der Waals surface area (Å²) >= 11 is 1.73. The van der Waals surface area contributed by atoms with Crippen molar-refractivity contribution in [3.63, 3.8) is 0 Å². The smallest absolute Gasteiger partial charge is 0.0897 e. The zero-order valence-corrected chi connectivity index (χ0v) is 11.0. The van der Waals surface area contributed by atoms with Crippen LogP contribution in [0.4, 0.5) is 0 Å². The lowest BCUT2D eigenvalue weighted by molar-refractivity contribution is 0.301. The number of hydrogen-bond donors (Lipinski definition) is 1. The predicted octanol–water partition coefficient (Wildman–Crippen LogP) is 3.15. The zero-order chi connectivity index (χ0) is 11.5. The maximum atomic E-state index is 6.10. The summed E-state index contributed by atoms with van der Waals surface area (Å²) in [4.78, 5) is 4.45. The Morgan fingerprint density at radius 2 is 2.13 bits per heavy atom. The molecule has 0 bridgehead atoms. The summed E-state index contributed by atoms with van der Waals surface area (Å²) in [5, 5.41) is 3.31. The molecule has 0 radical (unpaired) electrons. The molecule has 86 valence electrons. The number of aryl methyl sites for hydroxylation is 2. The molecular weight excluding hydrogens is 204 g/mol. The Morgan fingerprint density at radius 1 is 1.47 bits per heavy atom. The first-order chi connectivity index (χ1) is 6.89. The van der Waals surface area contributed by atoms with Gasteiger partial charge in [0.05, 0.1) is 10.7 Å². The molecule has 15 heavy (non-hydrogen) atoms. The van der Waals surface area contributed by atoms with Crippen LogP contribution in [-0.2, 0) is 6.42 Å². The summed E-state index contributed by atoms with van der Waals surface area (Å²) < 4.78 is 0. The van der Waals surface area contributed by atoms with Crippen LogP contribution in [0.1, 0.15) is 44.3 Å². The Hall–Kier alpha value is -0.410. The van der Waals surface area contributed by atoms with E-state index in [4.69, 9.17) is 5.73 Å². The number of aromatic nitrogens is 1. The van der Waals surface area contributed by atoms with Crippen LogP contribution in [0.5, 0.6) is 0 Å². The van der Waals surface area contributed by atoms with Crippen LogP contribution in [-0.4, -0.2) is 11.0 Å². The van der Waals surface area contributed by atoms with E-state index in [0.717, 1.165) is 24.3 Å². The molecule has 0 aliphatic rings. The van der Waals surface area contributed by atoms with E-state index in [1.807, 2.05) is 0 Å². The molecule has 1 aromatic heterocycles. The zero-order valence-electron chi connectivity index (χ0n) is 10.2. The Labute approximate surface area is 96.9 Å². The molecule has 0 aliphatic carbocycles. The molecule has 0 aromatic carbocycles. The molecule has 1 aromatic rings. The summed E-state index contributed by atoms with van der Waals surface area (Å²) in [6.45, 7) is 8.65. The van der Waals surface area contributed by atoms with Crippen LogP contribution < -0.4 is 5.73 Å². The molecule has 1 unspecified atom stereocenters. The fourth-order valence-electron chi connectivity index (χ4n) is 1.46. The molecule has 1 atom stereocenters. The second kappa shape index (κ2) is 5.08. The number of rotatable bonds is 4. The van der Waals surface area contributed by atoms with E-state index in [1.54, 1.807) is 11.3 Å². The minimum atomic E-state index is 0.220. The van der Waals surface area contributed by atoms with Crippen LogP contribution in [0, 0.1) is 12.3 Å². The van der Waals surface area contributed by atoms with Crippen molar-refractivity contribution in [2.45, 2.75) is 53.0 Å². The van der Waals surface area contributed by atoms with Gasteiger partial charge in [-0.25, -0.2) is 4.98 Å². The summed E-state index contributed by atoms with van der Waals surface area (Å²) in [6, 6.07) is 0.289. The van der Waals surface area contributed by atoms with E-state index in [1.165, 1.54) is 5.69 Å². The summed E-state index contributed by atoms with van der Waals surface area (Å²) in [5.41, 5.74) is 7.54. The summed E-state index contributed by atoms with van der Waals surface area (Å²) in [5.74, 6) is 0. The van der Waals surface area contributed by atoms with Gasteiger partial charge in [-0.2, -0.15) is 0 Å². The van der Waals surface area contributed by atoms with Crippen LogP contribution in [0.2, 0.25) is 0 Å². The molecule has 2 nitrogen and oxygen atoms in total. The van der Waals surface area contributed by atoms with Crippen LogP contribution >= 0.6 is 11.3 Å². The van der Waals surface area contributed by atoms with Gasteiger partial charge in [0.25, 0.3) is 0 Å². The van der Waals surface area contributed by atoms with Crippen LogP contribution in [0.15, 0.2) is 5.38 Å². The molecule has 0 spiro atoms. The molecule has 1 heterocycles. The normalized spacial score (nSPS) is 14.2. The maximum absolute atomic E-state index is 6.10. The molecule has 0 amide bonds. The Morgan fingerprint density at radius 3 is 2.60 bits per heavy atom. The lowest BCUT2D eigenvalue weighted by Crippen LogP contribution is -2.34. The van der Waals surface area contributed by atoms with Gasteiger partial charge in [0.15, 0.2) is 0 Å². The Bertz CT molecular complexity index is 299. The minimum absolute atomic E-state index is 0.220. The lowest BCUT2D eigenvalue weighted by Gasteiger charge is -2.26. The molecule has 0 aliphatic heterocycles. The fraction of sp³-hybridized carbons (Fsp3) is 0.750. The highest BCUT2D eigenvalue weighted by Gasteiger charge is 2.19. The van der Waals surface area contributed by atoms with E-state index in [0.29, 0.717) is 0 Å². The summed E-state index contributed by atoms with van der Waals surface area (Å²) in [7, 11) is 0. The topological polar surface area (TPSA) is 38.9 Å². The Kier molecular flexibility index (Phi) is 4.29. The number of nitrogens with two attached hydrogens (primary N) is 1. The first-order valence-corrected chi connectivity index (χ1v) is 6.44. The Balaban J connectivity index is 2.28. The van der Waals surface area contributed by atoms with E-state index < -0.39 is 0 Å². The molecule has 3 heteroatoms. The third kappa shape index (κ3) is 4.31. The second-order valence-corrected chi connectivity index (χ2v) is 6.28. The van der Waals surface area contributed by atoms with Crippen molar-refractivity contribution in [1.82, 2.24) is 4.98 Å². The van der Waals surface area contributed by atoms with E-state index in [2.05, 4.69) is 38.1 Å². The highest BCUT2D eigenvalue weighted by molar-refractivity contribution is 7.09. The standard InChI is InChI=1S/C12H22N2S/c1-9-14-10(8-15-9)6-5-7-11(13)12(2,3)4/h8,11H,5-7,13H2,1-4H3. The maximum Gasteiger partial charge on any atom is 0.0897 e. The average molecular weight is 226 g/mol. The van der Waals surface area contributed by atoms with E-state index in [9.17, 15) is 0 Å². The molecular formula is C12H22N2S. The predicted molar refractivity (Wildman–Crippen MR) is 67.2 cm³/mol. The van der Waals surface area contributed by atoms with E-state index >= 15 is 0 Å². The molecule has 0 saturated heterocycles. The first kappa shape index (κ1) is 12.7. The minimum Gasteiger partial charge on any atom is -0.327 e. The van der Waals surface area contributed by atoms with Crippen molar-refractivity contribution in [3.05, 3.63) is 16.1 Å². The highest BCUT2D eigenvalue weighted by atomic mass is 32.1. The van der Waals surface area contributed by atoms with Crippen molar-refractivity contribution < 1.29 is 0 Å². The van der Waals surface area contributed by atoms with Gasteiger partial charge in [0.2, 0.25) is 0 Å². The third-order valence-electron chi connectivity index (χ3n) is 2.73. The van der Waals surface area contributed by atoms with E-state index in [-0.39, 0.29) is 11.5 Å². The third-order valence-corrected chi connectivity index (χ3v) is 3.55. The SMILES string of the molecule is Cc1nc(CCCC(N)C(C)(C)C)cs1. The highest BCUT2D eigenvalue weighted by Crippen LogP contribution is 2.21. The fourth-order valence-corrected chi connectivity index (χ4v) is 2.11. The average Bonchev–Trinajstić information content (AvgIpc) is 2.49. The second-order valence-electron chi connectivity index (χ2n) is 5.22. The number of thiazole rings is 1. The first-order valence-electron chi connectivity index (χ1n) is 5.56. The molecule has 2 N–H and O–H groups in total. The van der Waals surface area contributed by atoms with Gasteiger partial charge < -0.3 is 5.73 Å². The van der Waals surface area contributed by atoms with Crippen molar-refractivity contribution in [3.8, 4) is 0 Å². The van der Waals surface area contributed by atoms with Crippen molar-refractivity contribution >= 4 is 11.3 Å². The number of nitrogens with zero attached hydrogens (tertiary/aromatic N) is 1. The van der Waals surface area contributed by atoms with Crippen LogP contribution in [0.25, 0.3) is 0 Å². The van der Waals surface area contributed by atoms with Gasteiger partial charge in [0.1, 0.15) is 0 Å². The summed E-state index contributed by atoms with van der Waals surface area (Å²) in [6.07, 6.45) is 3.29. The van der Waals surface area contributed by atoms with Gasteiger partial charge in [-0.1, -0.05) is 20.8 Å². The van der Waals surface area contributed by atoms with Gasteiger partial charge in [-0.05, 0) is 31.6 Å². The van der Waals surface area contributed by atoms with Crippen LogP contribution in [0.3, 0.4) is 0 Å². The molecule has 0 fully saturated rings. The van der Waals surface area contributed by atoms with Gasteiger partial charge in [0, 0.05) is 11.4 Å². The van der Waals surface area contributed by atoms with Crippen molar-refractivity contribution in [2.24, 2.45) is 11.1 Å². The van der Waals surface area contributed by atoms with Crippen molar-refractivity contribution in [1.29, 1.82) is 0 Å².